The Morgan fingerprint density at radius 1 is 1.17 bits per heavy atom. The summed E-state index contributed by atoms with van der Waals surface area (Å²) in [7, 11) is 0. The lowest BCUT2D eigenvalue weighted by Gasteiger charge is -2.32. The summed E-state index contributed by atoms with van der Waals surface area (Å²) in [6.45, 7) is 6.02. The topological polar surface area (TPSA) is 59.0 Å². The lowest BCUT2D eigenvalue weighted by molar-refractivity contribution is -0.295. The molecule has 2 aliphatic heterocycles. The van der Waals surface area contributed by atoms with E-state index in [0.29, 0.717) is 13.0 Å². The molecule has 0 amide bonds. The van der Waals surface area contributed by atoms with Gasteiger partial charge >= 0.3 is 5.97 Å². The molecule has 2 aromatic carbocycles. The molecular weight excluding hydrogens is 366 g/mol. The minimum atomic E-state index is -2.00. The summed E-state index contributed by atoms with van der Waals surface area (Å²) < 4.78 is 5.56. The van der Waals surface area contributed by atoms with Crippen LogP contribution >= 0.6 is 0 Å². The molecule has 0 aliphatic carbocycles. The number of aryl methyl sites for hydroxylation is 1. The first-order valence-corrected chi connectivity index (χ1v) is 10.3. The standard InChI is InChI=1S/C24H29NO4/c1-23(2,3)28-22(26)24(27)20(14-13-17-9-5-4-6-10-17)21-19-12-8-7-11-18(19)15-16-25(21)29-24/h4-12,20-21,27H,13-16H2,1-3H3/t20-,21-,24-/m1/s1. The minimum absolute atomic E-state index is 0.179. The quantitative estimate of drug-likeness (QED) is 0.798. The zero-order valence-corrected chi connectivity index (χ0v) is 17.3. The van der Waals surface area contributed by atoms with Crippen molar-refractivity contribution in [3.8, 4) is 0 Å². The molecule has 2 heterocycles. The van der Waals surface area contributed by atoms with Crippen molar-refractivity contribution in [1.29, 1.82) is 0 Å². The van der Waals surface area contributed by atoms with Gasteiger partial charge in [-0.1, -0.05) is 54.6 Å². The van der Waals surface area contributed by atoms with Crippen molar-refractivity contribution in [3.05, 3.63) is 71.3 Å². The molecule has 2 aliphatic rings. The van der Waals surface area contributed by atoms with Crippen LogP contribution in [0.25, 0.3) is 0 Å². The molecule has 154 valence electrons. The average molecular weight is 395 g/mol. The van der Waals surface area contributed by atoms with Crippen LogP contribution in [0.2, 0.25) is 0 Å². The highest BCUT2D eigenvalue weighted by Crippen LogP contribution is 2.50. The van der Waals surface area contributed by atoms with Gasteiger partial charge in [-0.2, -0.15) is 5.06 Å². The Balaban J connectivity index is 1.68. The highest BCUT2D eigenvalue weighted by Gasteiger charge is 2.61. The Labute approximate surface area is 172 Å². The largest absolute Gasteiger partial charge is 0.456 e. The van der Waals surface area contributed by atoms with Crippen LogP contribution in [0.1, 0.15) is 49.9 Å². The predicted molar refractivity (Wildman–Crippen MR) is 110 cm³/mol. The van der Waals surface area contributed by atoms with Crippen molar-refractivity contribution in [2.24, 2.45) is 5.92 Å². The van der Waals surface area contributed by atoms with E-state index in [4.69, 9.17) is 9.57 Å². The number of aliphatic hydroxyl groups is 1. The fraction of sp³-hybridized carbons (Fsp3) is 0.458. The third-order valence-corrected chi connectivity index (χ3v) is 5.70. The van der Waals surface area contributed by atoms with Crippen molar-refractivity contribution >= 4 is 5.97 Å². The van der Waals surface area contributed by atoms with Crippen LogP contribution in [0.4, 0.5) is 0 Å². The lowest BCUT2D eigenvalue weighted by Crippen LogP contribution is -2.48. The molecule has 3 atom stereocenters. The number of nitrogens with zero attached hydrogens (tertiary/aromatic N) is 1. The third kappa shape index (κ3) is 3.95. The smallest absolute Gasteiger partial charge is 0.369 e. The first-order chi connectivity index (χ1) is 13.8. The van der Waals surface area contributed by atoms with Crippen LogP contribution in [0.5, 0.6) is 0 Å². The second-order valence-corrected chi connectivity index (χ2v) is 8.95. The first kappa shape index (κ1) is 20.1. The molecule has 0 unspecified atom stereocenters. The van der Waals surface area contributed by atoms with Gasteiger partial charge in [-0.3, -0.25) is 4.84 Å². The summed E-state index contributed by atoms with van der Waals surface area (Å²) >= 11 is 0. The fourth-order valence-corrected chi connectivity index (χ4v) is 4.42. The number of carbonyl (C=O) groups is 1. The van der Waals surface area contributed by atoms with Crippen molar-refractivity contribution in [2.45, 2.75) is 57.5 Å². The number of ether oxygens (including phenoxy) is 1. The monoisotopic (exact) mass is 395 g/mol. The number of hydrogen-bond acceptors (Lipinski definition) is 5. The number of hydrogen-bond donors (Lipinski definition) is 1. The average Bonchev–Trinajstić information content (AvgIpc) is 2.99. The fourth-order valence-electron chi connectivity index (χ4n) is 4.42. The third-order valence-electron chi connectivity index (χ3n) is 5.70. The van der Waals surface area contributed by atoms with Gasteiger partial charge in [0.2, 0.25) is 0 Å². The molecule has 0 radical (unpaired) electrons. The lowest BCUT2D eigenvalue weighted by atomic mass is 9.79. The van der Waals surface area contributed by atoms with Crippen LogP contribution in [0, 0.1) is 5.92 Å². The summed E-state index contributed by atoms with van der Waals surface area (Å²) in [5, 5.41) is 13.3. The number of fused-ring (bicyclic) bond motifs is 3. The van der Waals surface area contributed by atoms with Crippen molar-refractivity contribution in [1.82, 2.24) is 5.06 Å². The van der Waals surface area contributed by atoms with Gasteiger partial charge < -0.3 is 9.84 Å². The Kier molecular flexibility index (Phi) is 5.23. The maximum absolute atomic E-state index is 13.0. The van der Waals surface area contributed by atoms with Crippen LogP contribution in [-0.2, 0) is 27.2 Å². The van der Waals surface area contributed by atoms with E-state index < -0.39 is 23.3 Å². The molecule has 29 heavy (non-hydrogen) atoms. The molecular formula is C24H29NO4. The van der Waals surface area contributed by atoms with E-state index >= 15 is 0 Å². The maximum Gasteiger partial charge on any atom is 0.369 e. The zero-order valence-electron chi connectivity index (χ0n) is 17.3. The summed E-state index contributed by atoms with van der Waals surface area (Å²) in [6.07, 6.45) is 2.17. The van der Waals surface area contributed by atoms with Crippen molar-refractivity contribution in [3.63, 3.8) is 0 Å². The second-order valence-electron chi connectivity index (χ2n) is 8.95. The van der Waals surface area contributed by atoms with Crippen LogP contribution < -0.4 is 0 Å². The Bertz CT molecular complexity index is 876. The molecule has 2 aromatic rings. The molecule has 1 N–H and O–H groups in total. The molecule has 0 bridgehead atoms. The molecule has 0 saturated carbocycles. The molecule has 5 heteroatoms. The minimum Gasteiger partial charge on any atom is -0.456 e. The molecule has 1 saturated heterocycles. The summed E-state index contributed by atoms with van der Waals surface area (Å²) in [5.74, 6) is -3.14. The number of esters is 1. The molecule has 0 aromatic heterocycles. The number of benzene rings is 2. The van der Waals surface area contributed by atoms with E-state index in [1.807, 2.05) is 30.3 Å². The summed E-state index contributed by atoms with van der Waals surface area (Å²) in [6, 6.07) is 18.2. The highest BCUT2D eigenvalue weighted by atomic mass is 16.8. The van der Waals surface area contributed by atoms with Gasteiger partial charge in [0, 0.05) is 12.5 Å². The van der Waals surface area contributed by atoms with Gasteiger partial charge in [-0.15, -0.1) is 0 Å². The maximum atomic E-state index is 13.0. The van der Waals surface area contributed by atoms with Gasteiger partial charge in [-0.25, -0.2) is 4.79 Å². The normalized spacial score (nSPS) is 26.6. The number of hydroxylamine groups is 2. The molecule has 1 fully saturated rings. The highest BCUT2D eigenvalue weighted by molar-refractivity contribution is 5.79. The molecule has 5 nitrogen and oxygen atoms in total. The van der Waals surface area contributed by atoms with Gasteiger partial charge in [0.05, 0.1) is 6.04 Å². The Morgan fingerprint density at radius 3 is 2.59 bits per heavy atom. The van der Waals surface area contributed by atoms with E-state index in [-0.39, 0.29) is 6.04 Å². The van der Waals surface area contributed by atoms with Crippen LogP contribution in [0.3, 0.4) is 0 Å². The zero-order chi connectivity index (χ0) is 20.6. The number of rotatable bonds is 4. The molecule has 0 spiro atoms. The van der Waals surface area contributed by atoms with Crippen molar-refractivity contribution in [2.75, 3.05) is 6.54 Å². The van der Waals surface area contributed by atoms with E-state index in [1.54, 1.807) is 25.8 Å². The van der Waals surface area contributed by atoms with Gasteiger partial charge in [0.25, 0.3) is 5.79 Å². The van der Waals surface area contributed by atoms with Crippen LogP contribution in [0.15, 0.2) is 54.6 Å². The van der Waals surface area contributed by atoms with Gasteiger partial charge in [0.1, 0.15) is 5.60 Å². The Hall–Kier alpha value is -2.21. The van der Waals surface area contributed by atoms with E-state index in [0.717, 1.165) is 18.4 Å². The van der Waals surface area contributed by atoms with E-state index in [2.05, 4.69) is 24.3 Å². The summed E-state index contributed by atoms with van der Waals surface area (Å²) in [5.41, 5.74) is 2.83. The SMILES string of the molecule is CC(C)(C)OC(=O)[C@]1(O)ON2CCc3ccccc3[C@@H]2[C@H]1CCc1ccccc1. The van der Waals surface area contributed by atoms with Crippen molar-refractivity contribution < 1.29 is 19.5 Å². The first-order valence-electron chi connectivity index (χ1n) is 10.3. The van der Waals surface area contributed by atoms with Crippen LogP contribution in [-0.4, -0.2) is 34.1 Å². The second kappa shape index (κ2) is 7.56. The predicted octanol–water partition coefficient (Wildman–Crippen LogP) is 3.81. The van der Waals surface area contributed by atoms with E-state index in [9.17, 15) is 9.90 Å². The van der Waals surface area contributed by atoms with E-state index in [1.165, 1.54) is 11.1 Å². The Morgan fingerprint density at radius 2 is 1.86 bits per heavy atom. The van der Waals surface area contributed by atoms with Gasteiger partial charge in [0.15, 0.2) is 0 Å². The molecule has 4 rings (SSSR count). The number of carbonyl (C=O) groups excluding carboxylic acids is 1. The van der Waals surface area contributed by atoms with Gasteiger partial charge in [-0.05, 0) is 56.7 Å². The summed E-state index contributed by atoms with van der Waals surface area (Å²) in [4.78, 5) is 19.0.